The van der Waals surface area contributed by atoms with Crippen LogP contribution >= 0.6 is 0 Å². The van der Waals surface area contributed by atoms with E-state index in [1.807, 2.05) is 0 Å². The summed E-state index contributed by atoms with van der Waals surface area (Å²) in [6, 6.07) is 0. The van der Waals surface area contributed by atoms with Crippen molar-refractivity contribution >= 4 is 10.0 Å². The molecule has 1 N–H and O–H groups in total. The second-order valence-electron chi connectivity index (χ2n) is 1.35. The molecule has 0 fully saturated rings. The van der Waals surface area contributed by atoms with Crippen LogP contribution < -0.4 is 5.14 Å². The Morgan fingerprint density at radius 2 is 2.12 bits per heavy atom. The summed E-state index contributed by atoms with van der Waals surface area (Å²) >= 11 is 0. The normalized spacial score (nSPS) is 12.8. The van der Waals surface area contributed by atoms with E-state index >= 15 is 0 Å². The van der Waals surface area contributed by atoms with E-state index in [0.29, 0.717) is 0 Å². The van der Waals surface area contributed by atoms with E-state index in [1.165, 1.54) is 6.08 Å². The number of allylic oxidation sites excluding steroid dienone is 1. The van der Waals surface area contributed by atoms with Crippen LogP contribution in [-0.4, -0.2) is 14.2 Å². The van der Waals surface area contributed by atoms with Crippen molar-refractivity contribution in [1.29, 1.82) is 0 Å². The zero-order valence-corrected chi connectivity index (χ0v) is 5.40. The SMILES string of the molecule is C/C=C/CS([NH])(=O)=O. The van der Waals surface area contributed by atoms with E-state index in [-0.39, 0.29) is 5.75 Å². The van der Waals surface area contributed by atoms with Gasteiger partial charge in [0, 0.05) is 0 Å². The second-order valence-corrected chi connectivity index (χ2v) is 2.91. The Balaban J connectivity index is 3.76. The van der Waals surface area contributed by atoms with Gasteiger partial charge in [0.2, 0.25) is 10.0 Å². The average molecular weight is 134 g/mol. The minimum absolute atomic E-state index is 0.177. The first kappa shape index (κ1) is 7.65. The topological polar surface area (TPSA) is 57.9 Å². The van der Waals surface area contributed by atoms with E-state index in [0.717, 1.165) is 0 Å². The van der Waals surface area contributed by atoms with Gasteiger partial charge in [0.05, 0.1) is 5.75 Å². The maximum atomic E-state index is 10.0. The summed E-state index contributed by atoms with van der Waals surface area (Å²) in [5, 5.41) is 6.36. The maximum Gasteiger partial charge on any atom is 0.228 e. The highest BCUT2D eigenvalue weighted by atomic mass is 32.2. The molecule has 0 aromatic heterocycles. The van der Waals surface area contributed by atoms with E-state index in [1.54, 1.807) is 13.0 Å². The molecule has 0 aromatic rings. The van der Waals surface area contributed by atoms with E-state index in [9.17, 15) is 8.42 Å². The summed E-state index contributed by atoms with van der Waals surface area (Å²) in [6.07, 6.45) is 3.04. The zero-order valence-electron chi connectivity index (χ0n) is 4.59. The number of hydrogen-bond donors (Lipinski definition) is 0. The summed E-state index contributed by atoms with van der Waals surface area (Å²) < 4.78 is 20.0. The monoisotopic (exact) mass is 134 g/mol. The number of sulfonamides is 1. The maximum absolute atomic E-state index is 10.0. The molecular weight excluding hydrogens is 126 g/mol. The lowest BCUT2D eigenvalue weighted by Gasteiger charge is -1.83. The predicted molar refractivity (Wildman–Crippen MR) is 31.7 cm³/mol. The van der Waals surface area contributed by atoms with Gasteiger partial charge in [-0.2, -0.15) is 0 Å². The van der Waals surface area contributed by atoms with E-state index in [4.69, 9.17) is 5.14 Å². The van der Waals surface area contributed by atoms with Gasteiger partial charge in [-0.1, -0.05) is 12.2 Å². The van der Waals surface area contributed by atoms with Crippen LogP contribution in [0.15, 0.2) is 12.2 Å². The molecule has 0 aliphatic heterocycles. The van der Waals surface area contributed by atoms with Crippen molar-refractivity contribution < 1.29 is 8.42 Å². The Morgan fingerprint density at radius 3 is 2.25 bits per heavy atom. The van der Waals surface area contributed by atoms with Crippen LogP contribution in [-0.2, 0) is 10.0 Å². The Bertz CT molecular complexity index is 168. The molecule has 0 saturated heterocycles. The molecule has 3 nitrogen and oxygen atoms in total. The highest BCUT2D eigenvalue weighted by Gasteiger charge is 1.95. The van der Waals surface area contributed by atoms with Gasteiger partial charge < -0.3 is 0 Å². The molecule has 0 spiro atoms. The van der Waals surface area contributed by atoms with Crippen molar-refractivity contribution in [3.8, 4) is 0 Å². The molecule has 0 bridgehead atoms. The molecule has 47 valence electrons. The lowest BCUT2D eigenvalue weighted by atomic mass is 10.6. The van der Waals surface area contributed by atoms with Crippen LogP contribution in [0.2, 0.25) is 0 Å². The third-order valence-electron chi connectivity index (χ3n) is 0.551. The molecule has 0 aliphatic rings. The highest BCUT2D eigenvalue weighted by Crippen LogP contribution is 1.80. The van der Waals surface area contributed by atoms with Crippen molar-refractivity contribution in [2.75, 3.05) is 5.75 Å². The molecule has 0 amide bonds. The van der Waals surface area contributed by atoms with Crippen molar-refractivity contribution in [2.24, 2.45) is 0 Å². The van der Waals surface area contributed by atoms with Crippen LogP contribution in [0.1, 0.15) is 6.92 Å². The Labute approximate surface area is 49.2 Å². The van der Waals surface area contributed by atoms with Gasteiger partial charge >= 0.3 is 0 Å². The molecule has 0 aliphatic carbocycles. The van der Waals surface area contributed by atoms with Gasteiger partial charge in [0.1, 0.15) is 0 Å². The van der Waals surface area contributed by atoms with Gasteiger partial charge in [-0.15, -0.1) is 5.14 Å². The minimum Gasteiger partial charge on any atom is -0.211 e. The lowest BCUT2D eigenvalue weighted by molar-refractivity contribution is 0.599. The third kappa shape index (κ3) is 5.65. The lowest BCUT2D eigenvalue weighted by Crippen LogP contribution is -2.02. The van der Waals surface area contributed by atoms with Crippen LogP contribution in [0.3, 0.4) is 0 Å². The van der Waals surface area contributed by atoms with Crippen molar-refractivity contribution in [3.63, 3.8) is 0 Å². The van der Waals surface area contributed by atoms with Crippen molar-refractivity contribution in [2.45, 2.75) is 6.92 Å². The molecule has 0 saturated carbocycles. The van der Waals surface area contributed by atoms with E-state index < -0.39 is 10.0 Å². The molecule has 4 heteroatoms. The molecule has 0 heterocycles. The first-order valence-electron chi connectivity index (χ1n) is 2.15. The van der Waals surface area contributed by atoms with Crippen molar-refractivity contribution in [3.05, 3.63) is 12.2 Å². The highest BCUT2D eigenvalue weighted by molar-refractivity contribution is 7.88. The second kappa shape index (κ2) is 2.84. The van der Waals surface area contributed by atoms with Gasteiger partial charge in [-0.25, -0.2) is 8.42 Å². The summed E-state index contributed by atoms with van der Waals surface area (Å²) in [5.41, 5.74) is 0. The molecule has 8 heavy (non-hydrogen) atoms. The molecule has 0 rings (SSSR count). The first-order valence-corrected chi connectivity index (χ1v) is 3.80. The summed E-state index contributed by atoms with van der Waals surface area (Å²) in [7, 11) is -3.52. The molecule has 0 atom stereocenters. The first-order chi connectivity index (χ1) is 3.56. The Hall–Kier alpha value is -0.350. The predicted octanol–water partition coefficient (Wildman–Crippen LogP) is 0.175. The smallest absolute Gasteiger partial charge is 0.211 e. The molecular formula is C4H8NO2S. The molecule has 1 radical (unpaired) electrons. The van der Waals surface area contributed by atoms with Gasteiger partial charge in [-0.3, -0.25) is 0 Å². The summed E-state index contributed by atoms with van der Waals surface area (Å²) in [6.45, 7) is 1.71. The van der Waals surface area contributed by atoms with Crippen LogP contribution in [0.25, 0.3) is 0 Å². The van der Waals surface area contributed by atoms with E-state index in [2.05, 4.69) is 0 Å². The number of rotatable bonds is 2. The van der Waals surface area contributed by atoms with Crippen LogP contribution in [0, 0.1) is 0 Å². The van der Waals surface area contributed by atoms with Crippen LogP contribution in [0.4, 0.5) is 0 Å². The quantitative estimate of drug-likeness (QED) is 0.505. The van der Waals surface area contributed by atoms with Gasteiger partial charge in [0.25, 0.3) is 0 Å². The largest absolute Gasteiger partial charge is 0.228 e. The number of hydrogen-bond acceptors (Lipinski definition) is 2. The fraction of sp³-hybridized carbons (Fsp3) is 0.500. The Kier molecular flexibility index (Phi) is 2.71. The Morgan fingerprint density at radius 1 is 1.62 bits per heavy atom. The summed E-state index contributed by atoms with van der Waals surface area (Å²) in [5.74, 6) is -0.177. The fourth-order valence-corrected chi connectivity index (χ4v) is 0.669. The molecule has 0 aromatic carbocycles. The average Bonchev–Trinajstić information content (AvgIpc) is 1.59. The van der Waals surface area contributed by atoms with Gasteiger partial charge in [-0.05, 0) is 6.92 Å². The summed E-state index contributed by atoms with van der Waals surface area (Å²) in [4.78, 5) is 0. The minimum atomic E-state index is -3.52. The zero-order chi connectivity index (χ0) is 6.62. The third-order valence-corrected chi connectivity index (χ3v) is 1.18. The van der Waals surface area contributed by atoms with Crippen LogP contribution in [0.5, 0.6) is 0 Å². The molecule has 0 unspecified atom stereocenters. The van der Waals surface area contributed by atoms with Gasteiger partial charge in [0.15, 0.2) is 0 Å². The fourth-order valence-electron chi connectivity index (χ4n) is 0.223. The van der Waals surface area contributed by atoms with Crippen molar-refractivity contribution in [1.82, 2.24) is 5.14 Å². The standard InChI is InChI=1S/C4H8NO2S/c1-2-3-4-8(5,6)7/h2-3,5H,4H2,1H3/b3-2+. The number of nitrogens with one attached hydrogen (secondary N) is 1.